The molecule has 0 aromatic heterocycles. The van der Waals surface area contributed by atoms with E-state index in [-0.39, 0.29) is 11.1 Å². The predicted molar refractivity (Wildman–Crippen MR) is 137 cm³/mol. The highest BCUT2D eigenvalue weighted by molar-refractivity contribution is 6.46. The summed E-state index contributed by atoms with van der Waals surface area (Å²) in [5, 5.41) is 21.3. The smallest absolute Gasteiger partial charge is 0.232 e. The molecule has 1 aliphatic carbocycles. The van der Waals surface area contributed by atoms with Crippen molar-refractivity contribution in [2.24, 2.45) is 0 Å². The van der Waals surface area contributed by atoms with Gasteiger partial charge in [-0.1, -0.05) is 78.9 Å². The fraction of sp³-hybridized carbons (Fsp3) is 0. The highest BCUT2D eigenvalue weighted by Gasteiger charge is 2.36. The Morgan fingerprint density at radius 1 is 0.429 bits per heavy atom. The average molecular weight is 460 g/mol. The maximum Gasteiger partial charge on any atom is 0.232 e. The molecule has 4 aromatic rings. The number of carbonyl (C=O) groups is 2. The minimum absolute atomic E-state index is 0.201. The molecule has 0 spiro atoms. The van der Waals surface area contributed by atoms with Crippen molar-refractivity contribution in [2.45, 2.75) is 0 Å². The molecule has 35 heavy (non-hydrogen) atoms. The number of ketones is 2. The van der Waals surface area contributed by atoms with Crippen molar-refractivity contribution >= 4 is 39.8 Å². The van der Waals surface area contributed by atoms with E-state index in [9.17, 15) is 19.8 Å². The van der Waals surface area contributed by atoms with Gasteiger partial charge in [0.15, 0.2) is 11.5 Å². The molecular weight excluding hydrogens is 438 g/mol. The van der Waals surface area contributed by atoms with E-state index in [0.717, 1.165) is 17.1 Å². The van der Waals surface area contributed by atoms with Gasteiger partial charge in [0.25, 0.3) is 0 Å². The van der Waals surface area contributed by atoms with Gasteiger partial charge in [-0.25, -0.2) is 0 Å². The number of para-hydroxylation sites is 2. The summed E-state index contributed by atoms with van der Waals surface area (Å²) in [6.45, 7) is 0. The summed E-state index contributed by atoms with van der Waals surface area (Å²) >= 11 is 0. The molecule has 4 aromatic carbocycles. The van der Waals surface area contributed by atoms with Crippen LogP contribution in [-0.4, -0.2) is 21.8 Å². The van der Waals surface area contributed by atoms with Gasteiger partial charge in [-0.3, -0.25) is 9.59 Å². The number of hydrogen-bond acceptors (Lipinski definition) is 5. The van der Waals surface area contributed by atoms with Crippen molar-refractivity contribution in [3.05, 3.63) is 138 Å². The van der Waals surface area contributed by atoms with Crippen LogP contribution in [0.15, 0.2) is 127 Å². The summed E-state index contributed by atoms with van der Waals surface area (Å²) in [7, 11) is 0. The Kier molecular flexibility index (Phi) is 5.73. The van der Waals surface area contributed by atoms with Crippen molar-refractivity contribution in [3.8, 4) is 0 Å². The van der Waals surface area contributed by atoms with Crippen LogP contribution in [0.25, 0.3) is 11.1 Å². The zero-order chi connectivity index (χ0) is 24.4. The van der Waals surface area contributed by atoms with Crippen LogP contribution in [0, 0.1) is 0 Å². The van der Waals surface area contributed by atoms with Crippen LogP contribution in [0.4, 0.5) is 17.1 Å². The molecule has 0 aliphatic heterocycles. The van der Waals surface area contributed by atoms with Crippen molar-refractivity contribution in [3.63, 3.8) is 0 Å². The SMILES string of the molecule is O=C1C(O)=C(c2ccc(N(c3ccccc3)c3ccccc3)cc2)C(=O)C(O)=C1c1ccccc1. The molecule has 0 fully saturated rings. The van der Waals surface area contributed by atoms with Gasteiger partial charge in [-0.05, 0) is 47.5 Å². The Balaban J connectivity index is 1.54. The van der Waals surface area contributed by atoms with Crippen molar-refractivity contribution < 1.29 is 19.8 Å². The second kappa shape index (κ2) is 9.15. The van der Waals surface area contributed by atoms with E-state index in [1.54, 1.807) is 54.6 Å². The molecule has 0 bridgehead atoms. The zero-order valence-corrected chi connectivity index (χ0v) is 18.6. The molecule has 0 amide bonds. The number of aliphatic hydroxyl groups excluding tert-OH is 2. The number of rotatable bonds is 5. The van der Waals surface area contributed by atoms with Crippen LogP contribution in [0.3, 0.4) is 0 Å². The fourth-order valence-corrected chi connectivity index (χ4v) is 4.20. The molecule has 0 saturated carbocycles. The van der Waals surface area contributed by atoms with Crippen LogP contribution in [0.5, 0.6) is 0 Å². The number of nitrogens with zero attached hydrogens (tertiary/aromatic N) is 1. The third-order valence-electron chi connectivity index (χ3n) is 5.86. The Hall–Kier alpha value is -4.90. The summed E-state index contributed by atoms with van der Waals surface area (Å²) in [4.78, 5) is 28.0. The Bertz CT molecular complexity index is 1420. The van der Waals surface area contributed by atoms with Crippen molar-refractivity contribution in [2.75, 3.05) is 4.90 Å². The first-order valence-corrected chi connectivity index (χ1v) is 11.1. The zero-order valence-electron chi connectivity index (χ0n) is 18.6. The number of carbonyl (C=O) groups excluding carboxylic acids is 2. The Morgan fingerprint density at radius 2 is 0.771 bits per heavy atom. The third-order valence-corrected chi connectivity index (χ3v) is 5.86. The first kappa shape index (κ1) is 21.9. The van der Waals surface area contributed by atoms with Crippen molar-refractivity contribution in [1.82, 2.24) is 0 Å². The second-order valence-corrected chi connectivity index (χ2v) is 8.02. The molecule has 0 atom stereocenters. The molecule has 170 valence electrons. The van der Waals surface area contributed by atoms with Gasteiger partial charge in [0.2, 0.25) is 11.6 Å². The lowest BCUT2D eigenvalue weighted by atomic mass is 9.86. The topological polar surface area (TPSA) is 77.8 Å². The molecule has 0 radical (unpaired) electrons. The predicted octanol–water partition coefficient (Wildman–Crippen LogP) is 6.55. The van der Waals surface area contributed by atoms with Crippen LogP contribution in [0.1, 0.15) is 11.1 Å². The van der Waals surface area contributed by atoms with Crippen LogP contribution < -0.4 is 4.90 Å². The summed E-state index contributed by atoms with van der Waals surface area (Å²) in [5.74, 6) is -2.94. The minimum Gasteiger partial charge on any atom is -0.504 e. The normalized spacial score (nSPS) is 13.8. The van der Waals surface area contributed by atoms with Gasteiger partial charge < -0.3 is 15.1 Å². The van der Waals surface area contributed by atoms with E-state index >= 15 is 0 Å². The highest BCUT2D eigenvalue weighted by atomic mass is 16.3. The quantitative estimate of drug-likeness (QED) is 0.331. The van der Waals surface area contributed by atoms with E-state index in [4.69, 9.17) is 0 Å². The van der Waals surface area contributed by atoms with Crippen LogP contribution >= 0.6 is 0 Å². The maximum absolute atomic E-state index is 13.0. The second-order valence-electron chi connectivity index (χ2n) is 8.02. The number of Topliss-reactive ketones (excluding diaryl/α,β-unsaturated/α-hetero) is 2. The lowest BCUT2D eigenvalue weighted by molar-refractivity contribution is -0.116. The summed E-state index contributed by atoms with van der Waals surface area (Å²) in [6, 6.07) is 34.9. The van der Waals surface area contributed by atoms with Gasteiger partial charge in [-0.2, -0.15) is 0 Å². The summed E-state index contributed by atoms with van der Waals surface area (Å²) in [5.41, 5.74) is 3.01. The van der Waals surface area contributed by atoms with Gasteiger partial charge in [0.1, 0.15) is 0 Å². The monoisotopic (exact) mass is 459 g/mol. The molecule has 5 heteroatoms. The van der Waals surface area contributed by atoms with Gasteiger partial charge in [0.05, 0.1) is 11.1 Å². The van der Waals surface area contributed by atoms with E-state index in [0.29, 0.717) is 11.1 Å². The number of allylic oxidation sites excluding steroid dienone is 2. The van der Waals surface area contributed by atoms with E-state index < -0.39 is 23.1 Å². The van der Waals surface area contributed by atoms with E-state index in [1.807, 2.05) is 60.7 Å². The Morgan fingerprint density at radius 3 is 1.20 bits per heavy atom. The number of anilines is 3. The molecule has 0 unspecified atom stereocenters. The van der Waals surface area contributed by atoms with Gasteiger partial charge in [0, 0.05) is 17.1 Å². The standard InChI is InChI=1S/C30H21NO4/c32-27-25(20-10-4-1-5-11-20)28(33)30(35)26(29(27)34)21-16-18-24(19-17-21)31(22-12-6-2-7-13-22)23-14-8-3-9-15-23/h1-19,32,35H. The molecule has 5 nitrogen and oxygen atoms in total. The lowest BCUT2D eigenvalue weighted by Gasteiger charge is -2.25. The molecule has 0 saturated heterocycles. The number of benzene rings is 4. The van der Waals surface area contributed by atoms with Crippen LogP contribution in [-0.2, 0) is 9.59 Å². The van der Waals surface area contributed by atoms with Crippen molar-refractivity contribution in [1.29, 1.82) is 0 Å². The first-order valence-electron chi connectivity index (χ1n) is 11.1. The molecule has 0 heterocycles. The largest absolute Gasteiger partial charge is 0.504 e. The van der Waals surface area contributed by atoms with Gasteiger partial charge >= 0.3 is 0 Å². The molecular formula is C30H21NO4. The lowest BCUT2D eigenvalue weighted by Crippen LogP contribution is -2.22. The van der Waals surface area contributed by atoms with Gasteiger partial charge in [-0.15, -0.1) is 0 Å². The molecule has 1 aliphatic rings. The highest BCUT2D eigenvalue weighted by Crippen LogP contribution is 2.37. The number of aliphatic hydroxyl groups is 2. The first-order chi connectivity index (χ1) is 17.1. The molecule has 2 N–H and O–H groups in total. The molecule has 5 rings (SSSR count). The summed E-state index contributed by atoms with van der Waals surface area (Å²) < 4.78 is 0. The number of hydrogen-bond donors (Lipinski definition) is 2. The Labute approximate surface area is 202 Å². The van der Waals surface area contributed by atoms with E-state index in [2.05, 4.69) is 4.90 Å². The minimum atomic E-state index is -0.795. The fourth-order valence-electron chi connectivity index (χ4n) is 4.20. The van der Waals surface area contributed by atoms with E-state index in [1.165, 1.54) is 0 Å². The summed E-state index contributed by atoms with van der Waals surface area (Å²) in [6.07, 6.45) is 0. The third kappa shape index (κ3) is 4.00. The maximum atomic E-state index is 13.0. The average Bonchev–Trinajstić information content (AvgIpc) is 2.91. The van der Waals surface area contributed by atoms with Crippen LogP contribution in [0.2, 0.25) is 0 Å².